The Morgan fingerprint density at radius 1 is 1.19 bits per heavy atom. The molecule has 0 atom stereocenters. The number of nitrogens with one attached hydrogen (secondary N) is 3. The number of amides is 1. The Balaban J connectivity index is 0.00000400. The van der Waals surface area contributed by atoms with E-state index in [0.717, 1.165) is 24.8 Å². The summed E-state index contributed by atoms with van der Waals surface area (Å²) >= 11 is 0. The van der Waals surface area contributed by atoms with Crippen LogP contribution < -0.4 is 15.4 Å². The van der Waals surface area contributed by atoms with Crippen LogP contribution in [-0.2, 0) is 21.4 Å². The lowest BCUT2D eigenvalue weighted by molar-refractivity contribution is -0.116. The second kappa shape index (κ2) is 9.73. The molecule has 6 nitrogen and oxygen atoms in total. The van der Waals surface area contributed by atoms with Gasteiger partial charge in [-0.3, -0.25) is 4.79 Å². The van der Waals surface area contributed by atoms with Gasteiger partial charge in [0.1, 0.15) is 0 Å². The van der Waals surface area contributed by atoms with E-state index in [1.807, 2.05) is 7.05 Å². The first-order chi connectivity index (χ1) is 9.40. The van der Waals surface area contributed by atoms with Crippen LogP contribution in [0.15, 0.2) is 24.3 Å². The van der Waals surface area contributed by atoms with Crippen molar-refractivity contribution < 1.29 is 13.2 Å². The smallest absolute Gasteiger partial charge is 0.224 e. The number of benzene rings is 1. The molecule has 1 rings (SSSR count). The first kappa shape index (κ1) is 19.9. The first-order valence-corrected chi connectivity index (χ1v) is 8.28. The van der Waals surface area contributed by atoms with Crippen molar-refractivity contribution in [1.29, 1.82) is 0 Å². The van der Waals surface area contributed by atoms with Crippen LogP contribution in [0.1, 0.15) is 18.4 Å². The summed E-state index contributed by atoms with van der Waals surface area (Å²) in [4.78, 5) is 11.6. The molecule has 3 N–H and O–H groups in total. The van der Waals surface area contributed by atoms with E-state index in [4.69, 9.17) is 0 Å². The minimum absolute atomic E-state index is 0. The van der Waals surface area contributed by atoms with Gasteiger partial charge < -0.3 is 10.6 Å². The van der Waals surface area contributed by atoms with Crippen LogP contribution in [0.4, 0.5) is 5.69 Å². The van der Waals surface area contributed by atoms with Crippen molar-refractivity contribution in [3.05, 3.63) is 29.8 Å². The Labute approximate surface area is 132 Å². The fraction of sp³-hybridized carbons (Fsp3) is 0.462. The maximum absolute atomic E-state index is 11.6. The predicted octanol–water partition coefficient (Wildman–Crippen LogP) is 1.10. The summed E-state index contributed by atoms with van der Waals surface area (Å²) in [6.45, 7) is 1.05. The van der Waals surface area contributed by atoms with Gasteiger partial charge in [-0.25, -0.2) is 13.1 Å². The summed E-state index contributed by atoms with van der Waals surface area (Å²) in [6, 6.07) is 7.08. The van der Waals surface area contributed by atoms with Gasteiger partial charge in [0, 0.05) is 18.7 Å². The number of rotatable bonds is 8. The molecule has 1 aromatic carbocycles. The number of carbonyl (C=O) groups excluding carboxylic acids is 1. The molecule has 0 bridgehead atoms. The Hall–Kier alpha value is -1.15. The van der Waals surface area contributed by atoms with Crippen LogP contribution in [0.5, 0.6) is 0 Å². The van der Waals surface area contributed by atoms with E-state index in [-0.39, 0.29) is 24.9 Å². The number of hydrogen-bond acceptors (Lipinski definition) is 4. The third-order valence-corrected chi connectivity index (χ3v) is 3.28. The summed E-state index contributed by atoms with van der Waals surface area (Å²) in [7, 11) is -1.34. The normalized spacial score (nSPS) is 10.8. The molecule has 0 aliphatic rings. The fourth-order valence-electron chi connectivity index (χ4n) is 1.57. The van der Waals surface area contributed by atoms with E-state index in [0.29, 0.717) is 12.1 Å². The highest BCUT2D eigenvalue weighted by Crippen LogP contribution is 2.10. The molecule has 0 aliphatic heterocycles. The van der Waals surface area contributed by atoms with Gasteiger partial charge in [-0.2, -0.15) is 0 Å². The van der Waals surface area contributed by atoms with Crippen molar-refractivity contribution in [3.63, 3.8) is 0 Å². The molecule has 0 radical (unpaired) electrons. The second-order valence-corrected chi connectivity index (χ2v) is 6.38. The summed E-state index contributed by atoms with van der Waals surface area (Å²) in [5.74, 6) is -0.0257. The van der Waals surface area contributed by atoms with Crippen LogP contribution in [0.25, 0.3) is 0 Å². The number of anilines is 1. The predicted molar refractivity (Wildman–Crippen MR) is 87.2 cm³/mol. The zero-order chi connectivity index (χ0) is 15.0. The minimum atomic E-state index is -3.19. The van der Waals surface area contributed by atoms with E-state index in [2.05, 4.69) is 15.4 Å². The second-order valence-electron chi connectivity index (χ2n) is 4.55. The molecular formula is C13H22ClN3O3S. The molecule has 0 aromatic heterocycles. The highest BCUT2D eigenvalue weighted by Gasteiger charge is 2.03. The van der Waals surface area contributed by atoms with Crippen LogP contribution in [-0.4, -0.2) is 34.2 Å². The molecule has 1 amide bonds. The standard InChI is InChI=1S/C13H21N3O3S.ClH/c1-14-9-3-4-13(17)16-12-7-5-11(6-8-12)10-15-20(2,18)19;/h5-8,14-15H,3-4,9-10H2,1-2H3,(H,16,17);1H. The topological polar surface area (TPSA) is 87.3 Å². The first-order valence-electron chi connectivity index (χ1n) is 6.39. The molecule has 0 spiro atoms. The van der Waals surface area contributed by atoms with Gasteiger partial charge in [0.2, 0.25) is 15.9 Å². The van der Waals surface area contributed by atoms with Crippen molar-refractivity contribution in [1.82, 2.24) is 10.0 Å². The average molecular weight is 336 g/mol. The average Bonchev–Trinajstić information content (AvgIpc) is 2.37. The Morgan fingerprint density at radius 3 is 2.33 bits per heavy atom. The van der Waals surface area contributed by atoms with Crippen LogP contribution in [0.3, 0.4) is 0 Å². The van der Waals surface area contributed by atoms with E-state index in [1.54, 1.807) is 24.3 Å². The van der Waals surface area contributed by atoms with Gasteiger partial charge in [-0.05, 0) is 37.7 Å². The van der Waals surface area contributed by atoms with Gasteiger partial charge >= 0.3 is 0 Å². The van der Waals surface area contributed by atoms with Crippen LogP contribution in [0, 0.1) is 0 Å². The maximum atomic E-state index is 11.6. The highest BCUT2D eigenvalue weighted by molar-refractivity contribution is 7.88. The van der Waals surface area contributed by atoms with Crippen molar-refractivity contribution >= 4 is 34.0 Å². The quantitative estimate of drug-likeness (QED) is 0.621. The van der Waals surface area contributed by atoms with Gasteiger partial charge in [-0.1, -0.05) is 12.1 Å². The van der Waals surface area contributed by atoms with Gasteiger partial charge in [-0.15, -0.1) is 12.4 Å². The summed E-state index contributed by atoms with van der Waals surface area (Å²) in [5, 5.41) is 5.78. The summed E-state index contributed by atoms with van der Waals surface area (Å²) < 4.78 is 24.3. The molecule has 21 heavy (non-hydrogen) atoms. The lowest BCUT2D eigenvalue weighted by Gasteiger charge is -2.07. The van der Waals surface area contributed by atoms with Crippen molar-refractivity contribution in [2.75, 3.05) is 25.2 Å². The molecule has 0 aliphatic carbocycles. The van der Waals surface area contributed by atoms with Crippen LogP contribution in [0.2, 0.25) is 0 Å². The molecule has 0 fully saturated rings. The molecule has 0 unspecified atom stereocenters. The summed E-state index contributed by atoms with van der Waals surface area (Å²) in [6.07, 6.45) is 2.38. The largest absolute Gasteiger partial charge is 0.326 e. The van der Waals surface area contributed by atoms with Gasteiger partial charge in [0.15, 0.2) is 0 Å². The van der Waals surface area contributed by atoms with Crippen molar-refractivity contribution in [2.45, 2.75) is 19.4 Å². The monoisotopic (exact) mass is 335 g/mol. The van der Waals surface area contributed by atoms with E-state index in [1.165, 1.54) is 0 Å². The molecule has 1 aromatic rings. The third-order valence-electron chi connectivity index (χ3n) is 2.61. The maximum Gasteiger partial charge on any atom is 0.224 e. The lowest BCUT2D eigenvalue weighted by Crippen LogP contribution is -2.21. The lowest BCUT2D eigenvalue weighted by atomic mass is 10.2. The van der Waals surface area contributed by atoms with Gasteiger partial charge in [0.25, 0.3) is 0 Å². The number of carbonyl (C=O) groups is 1. The van der Waals surface area contributed by atoms with E-state index in [9.17, 15) is 13.2 Å². The zero-order valence-electron chi connectivity index (χ0n) is 12.2. The third kappa shape index (κ3) is 9.41. The number of sulfonamides is 1. The zero-order valence-corrected chi connectivity index (χ0v) is 13.8. The number of hydrogen-bond donors (Lipinski definition) is 3. The van der Waals surface area contributed by atoms with Gasteiger partial charge in [0.05, 0.1) is 6.26 Å². The summed E-state index contributed by atoms with van der Waals surface area (Å²) in [5.41, 5.74) is 1.55. The van der Waals surface area contributed by atoms with E-state index < -0.39 is 10.0 Å². The fourth-order valence-corrected chi connectivity index (χ4v) is 2.00. The van der Waals surface area contributed by atoms with E-state index >= 15 is 0 Å². The number of halogens is 1. The van der Waals surface area contributed by atoms with Crippen molar-refractivity contribution in [3.8, 4) is 0 Å². The molecular weight excluding hydrogens is 314 g/mol. The molecule has 120 valence electrons. The molecule has 8 heteroatoms. The van der Waals surface area contributed by atoms with Crippen molar-refractivity contribution in [2.24, 2.45) is 0 Å². The molecule has 0 heterocycles. The Kier molecular flexibility index (Phi) is 9.19. The Bertz CT molecular complexity index is 532. The minimum Gasteiger partial charge on any atom is -0.326 e. The molecule has 0 saturated heterocycles. The molecule has 0 saturated carbocycles. The SMILES string of the molecule is CNCCCC(=O)Nc1ccc(CNS(C)(=O)=O)cc1.Cl. The highest BCUT2D eigenvalue weighted by atomic mass is 35.5. The Morgan fingerprint density at radius 2 is 1.81 bits per heavy atom. The van der Waals surface area contributed by atoms with Crippen LogP contribution >= 0.6 is 12.4 Å².